The number of ether oxygens (including phenoxy) is 1. The second-order valence-electron chi connectivity index (χ2n) is 4.84. The lowest BCUT2D eigenvalue weighted by Gasteiger charge is -2.02. The third-order valence-electron chi connectivity index (χ3n) is 3.25. The lowest BCUT2D eigenvalue weighted by Crippen LogP contribution is -2.05. The van der Waals surface area contributed by atoms with Gasteiger partial charge in [-0.1, -0.05) is 23.7 Å². The average Bonchev–Trinajstić information content (AvgIpc) is 3.04. The summed E-state index contributed by atoms with van der Waals surface area (Å²) in [5.74, 6) is 0.174. The molecule has 2 aromatic carbocycles. The van der Waals surface area contributed by atoms with Gasteiger partial charge in [0.15, 0.2) is 0 Å². The van der Waals surface area contributed by atoms with Crippen molar-refractivity contribution < 1.29 is 9.53 Å². The van der Waals surface area contributed by atoms with Crippen LogP contribution in [0.2, 0.25) is 5.02 Å². The van der Waals surface area contributed by atoms with Crippen LogP contribution in [0.3, 0.4) is 0 Å². The van der Waals surface area contributed by atoms with E-state index in [0.29, 0.717) is 23.0 Å². The van der Waals surface area contributed by atoms with E-state index in [9.17, 15) is 4.79 Å². The van der Waals surface area contributed by atoms with Crippen molar-refractivity contribution in [1.29, 1.82) is 0 Å². The fraction of sp³-hybridized carbons (Fsp3) is 0.125. The van der Waals surface area contributed by atoms with Crippen molar-refractivity contribution in [2.45, 2.75) is 6.54 Å². The van der Waals surface area contributed by atoms with Crippen LogP contribution in [0.1, 0.15) is 15.9 Å². The molecule has 7 heteroatoms. The van der Waals surface area contributed by atoms with E-state index in [1.54, 1.807) is 24.3 Å². The number of tetrazole rings is 1. The Morgan fingerprint density at radius 1 is 1.13 bits per heavy atom. The van der Waals surface area contributed by atoms with E-state index in [1.165, 1.54) is 11.9 Å². The molecule has 23 heavy (non-hydrogen) atoms. The van der Waals surface area contributed by atoms with E-state index in [4.69, 9.17) is 11.6 Å². The van der Waals surface area contributed by atoms with E-state index in [-0.39, 0.29) is 5.97 Å². The molecule has 0 saturated carbocycles. The molecule has 0 N–H and O–H groups in total. The Morgan fingerprint density at radius 2 is 1.83 bits per heavy atom. The Labute approximate surface area is 137 Å². The third-order valence-corrected chi connectivity index (χ3v) is 3.51. The van der Waals surface area contributed by atoms with Crippen LogP contribution in [-0.2, 0) is 11.3 Å². The van der Waals surface area contributed by atoms with Crippen molar-refractivity contribution in [2.75, 3.05) is 7.11 Å². The molecule has 3 rings (SSSR count). The first kappa shape index (κ1) is 15.2. The van der Waals surface area contributed by atoms with Gasteiger partial charge in [0.1, 0.15) is 0 Å². The fourth-order valence-electron chi connectivity index (χ4n) is 2.05. The van der Waals surface area contributed by atoms with E-state index in [1.807, 2.05) is 24.3 Å². The van der Waals surface area contributed by atoms with Crippen LogP contribution in [0, 0.1) is 0 Å². The lowest BCUT2D eigenvalue weighted by molar-refractivity contribution is 0.0600. The van der Waals surface area contributed by atoms with Crippen LogP contribution in [-0.4, -0.2) is 33.3 Å². The predicted octanol–water partition coefficient (Wildman–Crippen LogP) is 2.83. The molecular formula is C16H13ClN4O2. The van der Waals surface area contributed by atoms with Crippen molar-refractivity contribution in [3.8, 4) is 11.4 Å². The van der Waals surface area contributed by atoms with E-state index in [0.717, 1.165) is 11.1 Å². The first-order valence-electron chi connectivity index (χ1n) is 6.87. The molecule has 0 aliphatic rings. The van der Waals surface area contributed by atoms with Crippen LogP contribution < -0.4 is 0 Å². The monoisotopic (exact) mass is 328 g/mol. The second kappa shape index (κ2) is 6.58. The van der Waals surface area contributed by atoms with Crippen LogP contribution >= 0.6 is 11.6 Å². The summed E-state index contributed by atoms with van der Waals surface area (Å²) in [4.78, 5) is 12.9. The number of rotatable bonds is 4. The number of hydrogen-bond acceptors (Lipinski definition) is 5. The number of carbonyl (C=O) groups is 1. The topological polar surface area (TPSA) is 69.9 Å². The molecule has 0 atom stereocenters. The molecule has 116 valence electrons. The van der Waals surface area contributed by atoms with Gasteiger partial charge in [0.2, 0.25) is 5.82 Å². The summed E-state index contributed by atoms with van der Waals surface area (Å²) in [7, 11) is 1.36. The number of halogens is 1. The number of hydrogen-bond donors (Lipinski definition) is 0. The van der Waals surface area contributed by atoms with Gasteiger partial charge in [0.25, 0.3) is 0 Å². The maximum Gasteiger partial charge on any atom is 0.337 e. The molecule has 0 unspecified atom stereocenters. The first-order chi connectivity index (χ1) is 11.2. The maximum atomic E-state index is 11.4. The highest BCUT2D eigenvalue weighted by Crippen LogP contribution is 2.17. The number of aromatic nitrogens is 4. The fourth-order valence-corrected chi connectivity index (χ4v) is 2.18. The Morgan fingerprint density at radius 3 is 2.48 bits per heavy atom. The van der Waals surface area contributed by atoms with Crippen LogP contribution in [0.4, 0.5) is 0 Å². The number of methoxy groups -OCH3 is 1. The summed E-state index contributed by atoms with van der Waals surface area (Å²) in [6.07, 6.45) is 0. The molecule has 0 amide bonds. The van der Waals surface area contributed by atoms with Gasteiger partial charge in [0.05, 0.1) is 19.2 Å². The second-order valence-corrected chi connectivity index (χ2v) is 5.28. The molecule has 0 fully saturated rings. The van der Waals surface area contributed by atoms with Crippen LogP contribution in [0.25, 0.3) is 11.4 Å². The molecule has 6 nitrogen and oxygen atoms in total. The van der Waals surface area contributed by atoms with Gasteiger partial charge in [-0.3, -0.25) is 0 Å². The Bertz CT molecular complexity index is 813. The van der Waals surface area contributed by atoms with Crippen molar-refractivity contribution in [1.82, 2.24) is 20.2 Å². The Hall–Kier alpha value is -2.73. The van der Waals surface area contributed by atoms with Gasteiger partial charge in [-0.15, -0.1) is 10.2 Å². The van der Waals surface area contributed by atoms with Crippen LogP contribution in [0.15, 0.2) is 48.5 Å². The molecule has 0 aliphatic carbocycles. The zero-order valence-corrected chi connectivity index (χ0v) is 13.1. The van der Waals surface area contributed by atoms with Crippen molar-refractivity contribution in [2.24, 2.45) is 0 Å². The van der Waals surface area contributed by atoms with Crippen molar-refractivity contribution in [3.63, 3.8) is 0 Å². The molecule has 0 aliphatic heterocycles. The molecule has 3 aromatic rings. The Kier molecular flexibility index (Phi) is 4.34. The zero-order chi connectivity index (χ0) is 16.2. The summed E-state index contributed by atoms with van der Waals surface area (Å²) in [5, 5.41) is 13.1. The van der Waals surface area contributed by atoms with Gasteiger partial charge in [-0.25, -0.2) is 4.79 Å². The number of nitrogens with zero attached hydrogens (tertiary/aromatic N) is 4. The average molecular weight is 329 g/mol. The molecule has 0 saturated heterocycles. The van der Waals surface area contributed by atoms with E-state index >= 15 is 0 Å². The van der Waals surface area contributed by atoms with Crippen molar-refractivity contribution >= 4 is 17.6 Å². The summed E-state index contributed by atoms with van der Waals surface area (Å²) in [5.41, 5.74) is 2.31. The summed E-state index contributed by atoms with van der Waals surface area (Å²) in [6.45, 7) is 0.460. The number of carbonyl (C=O) groups excluding carboxylic acids is 1. The predicted molar refractivity (Wildman–Crippen MR) is 85.1 cm³/mol. The van der Waals surface area contributed by atoms with E-state index < -0.39 is 0 Å². The third kappa shape index (κ3) is 3.54. The van der Waals surface area contributed by atoms with E-state index in [2.05, 4.69) is 20.1 Å². The molecule has 1 aromatic heterocycles. The smallest absolute Gasteiger partial charge is 0.337 e. The summed E-state index contributed by atoms with van der Waals surface area (Å²) < 4.78 is 4.67. The SMILES string of the molecule is COC(=O)c1ccc(Cn2nnc(-c3ccc(Cl)cc3)n2)cc1. The zero-order valence-electron chi connectivity index (χ0n) is 12.3. The lowest BCUT2D eigenvalue weighted by atomic mass is 10.1. The molecule has 0 bridgehead atoms. The minimum absolute atomic E-state index is 0.361. The van der Waals surface area contributed by atoms with Gasteiger partial charge >= 0.3 is 5.97 Å². The summed E-state index contributed by atoms with van der Waals surface area (Å²) in [6, 6.07) is 14.3. The highest BCUT2D eigenvalue weighted by molar-refractivity contribution is 6.30. The molecule has 0 radical (unpaired) electrons. The van der Waals surface area contributed by atoms with Crippen LogP contribution in [0.5, 0.6) is 0 Å². The standard InChI is InChI=1S/C16H13ClN4O2/c1-23-16(22)13-4-2-11(3-5-13)10-21-19-15(18-20-21)12-6-8-14(17)9-7-12/h2-9H,10H2,1H3. The van der Waals surface area contributed by atoms with Gasteiger partial charge in [0, 0.05) is 10.6 Å². The quantitative estimate of drug-likeness (QED) is 0.689. The summed E-state index contributed by atoms with van der Waals surface area (Å²) >= 11 is 5.86. The highest BCUT2D eigenvalue weighted by atomic mass is 35.5. The molecule has 1 heterocycles. The number of esters is 1. The van der Waals surface area contributed by atoms with Gasteiger partial charge < -0.3 is 4.74 Å². The highest BCUT2D eigenvalue weighted by Gasteiger charge is 2.08. The first-order valence-corrected chi connectivity index (χ1v) is 7.24. The maximum absolute atomic E-state index is 11.4. The minimum atomic E-state index is -0.361. The van der Waals surface area contributed by atoms with Crippen molar-refractivity contribution in [3.05, 3.63) is 64.7 Å². The Balaban J connectivity index is 1.74. The normalized spacial score (nSPS) is 10.5. The van der Waals surface area contributed by atoms with Gasteiger partial charge in [-0.2, -0.15) is 4.80 Å². The molecular weight excluding hydrogens is 316 g/mol. The minimum Gasteiger partial charge on any atom is -0.465 e. The van der Waals surface area contributed by atoms with Gasteiger partial charge in [-0.05, 0) is 47.2 Å². The number of benzene rings is 2. The largest absolute Gasteiger partial charge is 0.465 e. The molecule has 0 spiro atoms.